The summed E-state index contributed by atoms with van der Waals surface area (Å²) in [6.07, 6.45) is 3.84. The SMILES string of the molecule is Cc1csc([C@H]2CCCN(C(=O)c3ccnc(N(C)C)c3)C2)n1. The molecule has 5 nitrogen and oxygen atoms in total. The Balaban J connectivity index is 1.75. The van der Waals surface area contributed by atoms with E-state index in [0.29, 0.717) is 11.5 Å². The van der Waals surface area contributed by atoms with Crippen LogP contribution in [-0.2, 0) is 0 Å². The second-order valence-electron chi connectivity index (χ2n) is 6.21. The highest BCUT2D eigenvalue weighted by atomic mass is 32.1. The molecule has 0 bridgehead atoms. The fraction of sp³-hybridized carbons (Fsp3) is 0.471. The van der Waals surface area contributed by atoms with Crippen LogP contribution in [0, 0.1) is 6.92 Å². The molecule has 0 aliphatic carbocycles. The molecular formula is C17H22N4OS. The van der Waals surface area contributed by atoms with Gasteiger partial charge in [-0.1, -0.05) is 0 Å². The Morgan fingerprint density at radius 3 is 2.96 bits per heavy atom. The van der Waals surface area contributed by atoms with Gasteiger partial charge in [0.15, 0.2) is 0 Å². The standard InChI is InChI=1S/C17H22N4OS/c1-12-11-23-16(19-12)14-5-4-8-21(10-14)17(22)13-6-7-18-15(9-13)20(2)3/h6-7,9,11,14H,4-5,8,10H2,1-3H3/t14-/m0/s1. The molecule has 1 fully saturated rings. The maximum Gasteiger partial charge on any atom is 0.254 e. The number of pyridine rings is 1. The van der Waals surface area contributed by atoms with Crippen molar-refractivity contribution in [2.24, 2.45) is 0 Å². The second kappa shape index (κ2) is 6.66. The van der Waals surface area contributed by atoms with Gasteiger partial charge in [-0.05, 0) is 31.9 Å². The Labute approximate surface area is 141 Å². The van der Waals surface area contributed by atoms with Crippen LogP contribution in [0.3, 0.4) is 0 Å². The number of anilines is 1. The number of carbonyl (C=O) groups is 1. The number of hydrogen-bond donors (Lipinski definition) is 0. The zero-order valence-electron chi connectivity index (χ0n) is 13.8. The van der Waals surface area contributed by atoms with E-state index in [-0.39, 0.29) is 5.91 Å². The van der Waals surface area contributed by atoms with Crippen LogP contribution in [0.2, 0.25) is 0 Å². The van der Waals surface area contributed by atoms with Crippen molar-refractivity contribution in [1.29, 1.82) is 0 Å². The number of aromatic nitrogens is 2. The molecule has 1 aliphatic heterocycles. The first kappa shape index (κ1) is 15.9. The minimum atomic E-state index is 0.0912. The van der Waals surface area contributed by atoms with Crippen molar-refractivity contribution in [3.05, 3.63) is 40.0 Å². The average molecular weight is 330 g/mol. The van der Waals surface area contributed by atoms with E-state index in [1.54, 1.807) is 23.6 Å². The topological polar surface area (TPSA) is 49.3 Å². The molecule has 2 aromatic rings. The van der Waals surface area contributed by atoms with Gasteiger partial charge in [-0.3, -0.25) is 4.79 Å². The number of rotatable bonds is 3. The van der Waals surface area contributed by atoms with Gasteiger partial charge in [0.25, 0.3) is 5.91 Å². The summed E-state index contributed by atoms with van der Waals surface area (Å²) in [7, 11) is 3.86. The molecule has 122 valence electrons. The molecule has 0 aromatic carbocycles. The number of thiazole rings is 1. The van der Waals surface area contributed by atoms with Crippen LogP contribution in [0.15, 0.2) is 23.7 Å². The van der Waals surface area contributed by atoms with Crippen LogP contribution >= 0.6 is 11.3 Å². The fourth-order valence-corrected chi connectivity index (χ4v) is 3.83. The minimum Gasteiger partial charge on any atom is -0.363 e. The lowest BCUT2D eigenvalue weighted by Gasteiger charge is -2.32. The normalized spacial score (nSPS) is 18.0. The number of piperidine rings is 1. The van der Waals surface area contributed by atoms with Crippen molar-refractivity contribution in [2.45, 2.75) is 25.7 Å². The predicted octanol–water partition coefficient (Wildman–Crippen LogP) is 2.93. The zero-order valence-corrected chi connectivity index (χ0v) is 14.6. The number of amides is 1. The number of nitrogens with zero attached hydrogens (tertiary/aromatic N) is 4. The Kier molecular flexibility index (Phi) is 4.61. The molecule has 23 heavy (non-hydrogen) atoms. The molecule has 6 heteroatoms. The lowest BCUT2D eigenvalue weighted by Crippen LogP contribution is -2.39. The number of hydrogen-bond acceptors (Lipinski definition) is 5. The maximum atomic E-state index is 12.8. The molecule has 3 rings (SSSR count). The van der Waals surface area contributed by atoms with Crippen molar-refractivity contribution < 1.29 is 4.79 Å². The van der Waals surface area contributed by atoms with E-state index < -0.39 is 0 Å². The summed E-state index contributed by atoms with van der Waals surface area (Å²) in [5.74, 6) is 1.26. The third-order valence-corrected chi connectivity index (χ3v) is 5.27. The highest BCUT2D eigenvalue weighted by molar-refractivity contribution is 7.09. The van der Waals surface area contributed by atoms with E-state index in [2.05, 4.69) is 15.3 Å². The number of aryl methyl sites for hydroxylation is 1. The molecule has 3 heterocycles. The van der Waals surface area contributed by atoms with Gasteiger partial charge in [-0.25, -0.2) is 9.97 Å². The molecule has 0 saturated carbocycles. The molecule has 0 unspecified atom stereocenters. The van der Waals surface area contributed by atoms with Gasteiger partial charge in [0, 0.05) is 55.9 Å². The average Bonchev–Trinajstić information content (AvgIpc) is 3.01. The molecule has 1 saturated heterocycles. The van der Waals surface area contributed by atoms with Crippen LogP contribution in [0.25, 0.3) is 0 Å². The molecule has 0 N–H and O–H groups in total. The molecule has 2 aromatic heterocycles. The van der Waals surface area contributed by atoms with Gasteiger partial charge in [-0.15, -0.1) is 11.3 Å². The lowest BCUT2D eigenvalue weighted by atomic mass is 9.98. The van der Waals surface area contributed by atoms with Crippen LogP contribution in [-0.4, -0.2) is 48.0 Å². The van der Waals surface area contributed by atoms with Crippen LogP contribution in [0.1, 0.15) is 39.8 Å². The van der Waals surface area contributed by atoms with E-state index >= 15 is 0 Å². The summed E-state index contributed by atoms with van der Waals surface area (Å²) in [5.41, 5.74) is 1.78. The summed E-state index contributed by atoms with van der Waals surface area (Å²) in [4.78, 5) is 25.6. The molecular weight excluding hydrogens is 308 g/mol. The predicted molar refractivity (Wildman–Crippen MR) is 93.3 cm³/mol. The Hall–Kier alpha value is -1.95. The summed E-state index contributed by atoms with van der Waals surface area (Å²) in [6, 6.07) is 3.66. The van der Waals surface area contributed by atoms with Crippen molar-refractivity contribution in [3.8, 4) is 0 Å². The second-order valence-corrected chi connectivity index (χ2v) is 7.10. The first-order valence-electron chi connectivity index (χ1n) is 7.89. The molecule has 0 radical (unpaired) electrons. The smallest absolute Gasteiger partial charge is 0.254 e. The van der Waals surface area contributed by atoms with Gasteiger partial charge in [0.1, 0.15) is 5.82 Å². The zero-order chi connectivity index (χ0) is 16.4. The Bertz CT molecular complexity index is 697. The fourth-order valence-electron chi connectivity index (χ4n) is 2.90. The van der Waals surface area contributed by atoms with E-state index in [4.69, 9.17) is 0 Å². The summed E-state index contributed by atoms with van der Waals surface area (Å²) in [6.45, 7) is 3.59. The van der Waals surface area contributed by atoms with Gasteiger partial charge in [0.2, 0.25) is 0 Å². The third-order valence-electron chi connectivity index (χ3n) is 4.15. The van der Waals surface area contributed by atoms with Gasteiger partial charge < -0.3 is 9.80 Å². The van der Waals surface area contributed by atoms with E-state index in [1.165, 1.54) is 0 Å². The monoisotopic (exact) mass is 330 g/mol. The first-order valence-corrected chi connectivity index (χ1v) is 8.77. The third kappa shape index (κ3) is 3.52. The molecule has 1 aliphatic rings. The van der Waals surface area contributed by atoms with Crippen molar-refractivity contribution in [2.75, 3.05) is 32.1 Å². The van der Waals surface area contributed by atoms with E-state index in [9.17, 15) is 4.79 Å². The molecule has 1 amide bonds. The first-order chi connectivity index (χ1) is 11.0. The maximum absolute atomic E-state index is 12.8. The van der Waals surface area contributed by atoms with Crippen LogP contribution in [0.4, 0.5) is 5.82 Å². The molecule has 0 spiro atoms. The highest BCUT2D eigenvalue weighted by Crippen LogP contribution is 2.30. The van der Waals surface area contributed by atoms with Gasteiger partial charge in [0.05, 0.1) is 5.01 Å². The Morgan fingerprint density at radius 2 is 2.26 bits per heavy atom. The van der Waals surface area contributed by atoms with Crippen molar-refractivity contribution in [3.63, 3.8) is 0 Å². The highest BCUT2D eigenvalue weighted by Gasteiger charge is 2.27. The summed E-state index contributed by atoms with van der Waals surface area (Å²) in [5, 5.41) is 3.24. The number of carbonyl (C=O) groups excluding carboxylic acids is 1. The lowest BCUT2D eigenvalue weighted by molar-refractivity contribution is 0.0707. The largest absolute Gasteiger partial charge is 0.363 e. The van der Waals surface area contributed by atoms with Crippen LogP contribution in [0.5, 0.6) is 0 Å². The Morgan fingerprint density at radius 1 is 1.43 bits per heavy atom. The minimum absolute atomic E-state index is 0.0912. The summed E-state index contributed by atoms with van der Waals surface area (Å²) >= 11 is 1.71. The van der Waals surface area contributed by atoms with E-state index in [1.807, 2.05) is 36.9 Å². The molecule has 1 atom stereocenters. The number of likely N-dealkylation sites (tertiary alicyclic amines) is 1. The van der Waals surface area contributed by atoms with Gasteiger partial charge >= 0.3 is 0 Å². The van der Waals surface area contributed by atoms with Crippen molar-refractivity contribution >= 4 is 23.1 Å². The van der Waals surface area contributed by atoms with Crippen molar-refractivity contribution in [1.82, 2.24) is 14.9 Å². The van der Waals surface area contributed by atoms with Crippen LogP contribution < -0.4 is 4.90 Å². The quantitative estimate of drug-likeness (QED) is 0.868. The van der Waals surface area contributed by atoms with E-state index in [0.717, 1.165) is 42.5 Å². The van der Waals surface area contributed by atoms with Gasteiger partial charge in [-0.2, -0.15) is 0 Å². The summed E-state index contributed by atoms with van der Waals surface area (Å²) < 4.78 is 0.